The van der Waals surface area contributed by atoms with E-state index in [0.717, 1.165) is 18.4 Å². The summed E-state index contributed by atoms with van der Waals surface area (Å²) < 4.78 is 0. The van der Waals surface area contributed by atoms with Crippen LogP contribution in [-0.2, 0) is 11.2 Å². The monoisotopic (exact) mass is 376 g/mol. The Morgan fingerprint density at radius 2 is 1.80 bits per heavy atom. The largest absolute Gasteiger partial charge is 0.352 e. The Labute approximate surface area is 156 Å². The van der Waals surface area contributed by atoms with Crippen molar-refractivity contribution in [2.24, 2.45) is 0 Å². The highest BCUT2D eigenvalue weighted by Gasteiger charge is 2.29. The van der Waals surface area contributed by atoms with Gasteiger partial charge in [0, 0.05) is 17.5 Å². The predicted molar refractivity (Wildman–Crippen MR) is 99.0 cm³/mol. The van der Waals surface area contributed by atoms with Crippen molar-refractivity contribution >= 4 is 35.0 Å². The molecular weight excluding hydrogens is 359 g/mol. The standard InChI is InChI=1S/C19H18Cl2N2O2/c20-13-6-9-15(16(21)11-13)18(24)23-17(19(25)22-14-7-8-14)10-12-4-2-1-3-5-12/h1-6,9,11,14,17H,7-8,10H2,(H,22,25)(H,23,24). The van der Waals surface area contributed by atoms with E-state index in [9.17, 15) is 9.59 Å². The fourth-order valence-corrected chi connectivity index (χ4v) is 2.99. The zero-order valence-corrected chi connectivity index (χ0v) is 15.0. The van der Waals surface area contributed by atoms with Crippen molar-refractivity contribution in [2.75, 3.05) is 0 Å². The van der Waals surface area contributed by atoms with Gasteiger partial charge in [0.1, 0.15) is 6.04 Å². The van der Waals surface area contributed by atoms with Gasteiger partial charge in [0.15, 0.2) is 0 Å². The van der Waals surface area contributed by atoms with Crippen molar-refractivity contribution in [3.63, 3.8) is 0 Å². The topological polar surface area (TPSA) is 58.2 Å². The van der Waals surface area contributed by atoms with Gasteiger partial charge in [-0.05, 0) is 36.6 Å². The summed E-state index contributed by atoms with van der Waals surface area (Å²) in [5.41, 5.74) is 1.27. The number of hydrogen-bond donors (Lipinski definition) is 2. The first kappa shape index (κ1) is 17.8. The minimum atomic E-state index is -0.665. The lowest BCUT2D eigenvalue weighted by Crippen LogP contribution is -2.48. The van der Waals surface area contributed by atoms with Crippen molar-refractivity contribution in [1.29, 1.82) is 0 Å². The summed E-state index contributed by atoms with van der Waals surface area (Å²) in [6, 6.07) is 13.8. The number of benzene rings is 2. The van der Waals surface area contributed by atoms with Crippen molar-refractivity contribution in [3.8, 4) is 0 Å². The van der Waals surface area contributed by atoms with Crippen molar-refractivity contribution in [1.82, 2.24) is 10.6 Å². The van der Waals surface area contributed by atoms with E-state index in [4.69, 9.17) is 23.2 Å². The summed E-state index contributed by atoms with van der Waals surface area (Å²) >= 11 is 12.0. The van der Waals surface area contributed by atoms with Gasteiger partial charge >= 0.3 is 0 Å². The SMILES string of the molecule is O=C(NC(Cc1ccccc1)C(=O)NC1CC1)c1ccc(Cl)cc1Cl. The van der Waals surface area contributed by atoms with Gasteiger partial charge in [-0.2, -0.15) is 0 Å². The molecule has 1 saturated carbocycles. The summed E-state index contributed by atoms with van der Waals surface area (Å²) in [7, 11) is 0. The Hall–Kier alpha value is -2.04. The normalized spacial score (nSPS) is 14.6. The first-order chi connectivity index (χ1) is 12.0. The Kier molecular flexibility index (Phi) is 5.61. The molecule has 2 aromatic carbocycles. The molecule has 1 atom stereocenters. The van der Waals surface area contributed by atoms with Crippen LogP contribution in [0.4, 0.5) is 0 Å². The Morgan fingerprint density at radius 3 is 2.44 bits per heavy atom. The summed E-state index contributed by atoms with van der Waals surface area (Å²) in [4.78, 5) is 25.1. The summed E-state index contributed by atoms with van der Waals surface area (Å²) in [6.45, 7) is 0. The lowest BCUT2D eigenvalue weighted by Gasteiger charge is -2.19. The lowest BCUT2D eigenvalue weighted by atomic mass is 10.0. The number of nitrogens with one attached hydrogen (secondary N) is 2. The summed E-state index contributed by atoms with van der Waals surface area (Å²) in [6.07, 6.45) is 2.39. The molecule has 1 aliphatic carbocycles. The van der Waals surface area contributed by atoms with Gasteiger partial charge in [-0.1, -0.05) is 53.5 Å². The molecule has 1 fully saturated rings. The maximum Gasteiger partial charge on any atom is 0.253 e. The maximum absolute atomic E-state index is 12.6. The van der Waals surface area contributed by atoms with Gasteiger partial charge in [0.25, 0.3) is 5.91 Å². The van der Waals surface area contributed by atoms with Crippen LogP contribution in [0, 0.1) is 0 Å². The first-order valence-electron chi connectivity index (χ1n) is 8.13. The fourth-order valence-electron chi connectivity index (χ4n) is 2.50. The molecule has 1 aliphatic rings. The van der Waals surface area contributed by atoms with Crippen molar-refractivity contribution in [3.05, 3.63) is 69.7 Å². The third-order valence-electron chi connectivity index (χ3n) is 4.00. The highest BCUT2D eigenvalue weighted by molar-refractivity contribution is 6.36. The van der Waals surface area contributed by atoms with Crippen LogP contribution >= 0.6 is 23.2 Å². The van der Waals surface area contributed by atoms with Crippen LogP contribution in [0.1, 0.15) is 28.8 Å². The van der Waals surface area contributed by atoms with Gasteiger partial charge in [0.2, 0.25) is 5.91 Å². The number of carbonyl (C=O) groups is 2. The third kappa shape index (κ3) is 4.97. The molecule has 0 aromatic heterocycles. The molecule has 25 heavy (non-hydrogen) atoms. The van der Waals surface area contributed by atoms with Crippen molar-refractivity contribution < 1.29 is 9.59 Å². The van der Waals surface area contributed by atoms with Crippen LogP contribution < -0.4 is 10.6 Å². The number of halogens is 2. The second-order valence-electron chi connectivity index (χ2n) is 6.12. The smallest absolute Gasteiger partial charge is 0.253 e. The van der Waals surface area contributed by atoms with Crippen LogP contribution in [0.3, 0.4) is 0 Å². The third-order valence-corrected chi connectivity index (χ3v) is 4.55. The molecule has 3 rings (SSSR count). The molecule has 0 aliphatic heterocycles. The van der Waals surface area contributed by atoms with Gasteiger partial charge < -0.3 is 10.6 Å². The minimum absolute atomic E-state index is 0.176. The zero-order chi connectivity index (χ0) is 17.8. The van der Waals surface area contributed by atoms with Crippen LogP contribution in [0.15, 0.2) is 48.5 Å². The van der Waals surface area contributed by atoms with Crippen molar-refractivity contribution in [2.45, 2.75) is 31.3 Å². The molecule has 0 heterocycles. The molecule has 2 N–H and O–H groups in total. The second kappa shape index (κ2) is 7.89. The van der Waals surface area contributed by atoms with E-state index in [1.54, 1.807) is 12.1 Å². The first-order valence-corrected chi connectivity index (χ1v) is 8.89. The van der Waals surface area contributed by atoms with E-state index in [1.807, 2.05) is 30.3 Å². The van der Waals surface area contributed by atoms with Crippen LogP contribution in [0.2, 0.25) is 10.0 Å². The van der Waals surface area contributed by atoms with E-state index < -0.39 is 11.9 Å². The molecule has 130 valence electrons. The molecule has 6 heteroatoms. The zero-order valence-electron chi connectivity index (χ0n) is 13.5. The lowest BCUT2D eigenvalue weighted by molar-refractivity contribution is -0.123. The Bertz CT molecular complexity index is 776. The van der Waals surface area contributed by atoms with Crippen LogP contribution in [0.5, 0.6) is 0 Å². The Balaban J connectivity index is 1.75. The highest BCUT2D eigenvalue weighted by atomic mass is 35.5. The molecule has 0 spiro atoms. The Morgan fingerprint density at radius 1 is 1.08 bits per heavy atom. The van der Waals surface area contributed by atoms with E-state index in [1.165, 1.54) is 6.07 Å². The molecular formula is C19H18Cl2N2O2. The highest BCUT2D eigenvalue weighted by Crippen LogP contribution is 2.22. The number of amides is 2. The van der Waals surface area contributed by atoms with Crippen LogP contribution in [-0.4, -0.2) is 23.9 Å². The van der Waals surface area contributed by atoms with Gasteiger partial charge in [-0.3, -0.25) is 9.59 Å². The van der Waals surface area contributed by atoms with Gasteiger partial charge in [-0.15, -0.1) is 0 Å². The average Bonchev–Trinajstić information content (AvgIpc) is 3.39. The number of rotatable bonds is 6. The second-order valence-corrected chi connectivity index (χ2v) is 6.97. The molecule has 2 amide bonds. The summed E-state index contributed by atoms with van der Waals surface area (Å²) in [5, 5.41) is 6.45. The maximum atomic E-state index is 12.6. The van der Waals surface area contributed by atoms with Crippen LogP contribution in [0.25, 0.3) is 0 Å². The molecule has 0 saturated heterocycles. The molecule has 1 unspecified atom stereocenters. The molecule has 0 radical (unpaired) electrons. The van der Waals surface area contributed by atoms with Gasteiger partial charge in [-0.25, -0.2) is 0 Å². The number of carbonyl (C=O) groups excluding carboxylic acids is 2. The van der Waals surface area contributed by atoms with Gasteiger partial charge in [0.05, 0.1) is 10.6 Å². The minimum Gasteiger partial charge on any atom is -0.352 e. The number of hydrogen-bond acceptors (Lipinski definition) is 2. The quantitative estimate of drug-likeness (QED) is 0.808. The predicted octanol–water partition coefficient (Wildman–Crippen LogP) is 3.61. The van der Waals surface area contributed by atoms with E-state index in [-0.39, 0.29) is 17.0 Å². The van der Waals surface area contributed by atoms with E-state index in [2.05, 4.69) is 10.6 Å². The van der Waals surface area contributed by atoms with E-state index >= 15 is 0 Å². The molecule has 0 bridgehead atoms. The molecule has 4 nitrogen and oxygen atoms in total. The molecule has 2 aromatic rings. The average molecular weight is 377 g/mol. The van der Waals surface area contributed by atoms with E-state index in [0.29, 0.717) is 17.0 Å². The summed E-state index contributed by atoms with van der Waals surface area (Å²) in [5.74, 6) is -0.571. The fraction of sp³-hybridized carbons (Fsp3) is 0.263.